The van der Waals surface area contributed by atoms with Crippen LogP contribution in [0.25, 0.3) is 10.9 Å². The van der Waals surface area contributed by atoms with Crippen molar-refractivity contribution in [3.8, 4) is 0 Å². The monoisotopic (exact) mass is 281 g/mol. The Balaban J connectivity index is 1.32. The van der Waals surface area contributed by atoms with Crippen molar-refractivity contribution < 1.29 is 0 Å². The molecule has 3 atom stereocenters. The van der Waals surface area contributed by atoms with Crippen LogP contribution in [0.2, 0.25) is 0 Å². The van der Waals surface area contributed by atoms with E-state index in [4.69, 9.17) is 0 Å². The van der Waals surface area contributed by atoms with E-state index >= 15 is 0 Å². The third kappa shape index (κ3) is 2.62. The van der Waals surface area contributed by atoms with Crippen LogP contribution < -0.4 is 10.6 Å². The molecule has 0 spiro atoms. The van der Waals surface area contributed by atoms with E-state index in [-0.39, 0.29) is 0 Å². The van der Waals surface area contributed by atoms with E-state index < -0.39 is 0 Å². The smallest absolute Gasteiger partial charge is 0.0722 e. The molecular formula is C18H23N3. The highest BCUT2D eigenvalue weighted by Crippen LogP contribution is 2.44. The Morgan fingerprint density at radius 2 is 2.05 bits per heavy atom. The van der Waals surface area contributed by atoms with Crippen molar-refractivity contribution in [3.05, 3.63) is 36.5 Å². The number of nitrogens with zero attached hydrogens (tertiary/aromatic N) is 1. The van der Waals surface area contributed by atoms with E-state index in [2.05, 4.69) is 39.9 Å². The van der Waals surface area contributed by atoms with Gasteiger partial charge in [0.15, 0.2) is 0 Å². The van der Waals surface area contributed by atoms with Gasteiger partial charge in [0.25, 0.3) is 0 Å². The fourth-order valence-corrected chi connectivity index (χ4v) is 4.21. The Morgan fingerprint density at radius 3 is 2.90 bits per heavy atom. The van der Waals surface area contributed by atoms with E-state index in [0.717, 1.165) is 36.5 Å². The molecule has 0 radical (unpaired) electrons. The van der Waals surface area contributed by atoms with Crippen LogP contribution in [0.1, 0.15) is 25.7 Å². The SMILES string of the molecule is c1cc(NCCN[C@H]2C[C@@H]3CC[C@H]2C3)c2cccnc2c1. The molecule has 21 heavy (non-hydrogen) atoms. The second-order valence-electron chi connectivity index (χ2n) is 6.54. The van der Waals surface area contributed by atoms with Gasteiger partial charge in [-0.2, -0.15) is 0 Å². The van der Waals surface area contributed by atoms with E-state index in [1.807, 2.05) is 12.3 Å². The molecule has 2 aromatic rings. The molecule has 1 aromatic heterocycles. The minimum Gasteiger partial charge on any atom is -0.383 e. The van der Waals surface area contributed by atoms with E-state index in [9.17, 15) is 0 Å². The molecule has 2 bridgehead atoms. The van der Waals surface area contributed by atoms with Crippen LogP contribution in [-0.2, 0) is 0 Å². The molecular weight excluding hydrogens is 258 g/mol. The maximum atomic E-state index is 4.40. The molecule has 0 aliphatic heterocycles. The number of hydrogen-bond acceptors (Lipinski definition) is 3. The number of pyridine rings is 1. The topological polar surface area (TPSA) is 37.0 Å². The molecule has 0 unspecified atom stereocenters. The van der Waals surface area contributed by atoms with Gasteiger partial charge in [-0.3, -0.25) is 4.98 Å². The summed E-state index contributed by atoms with van der Waals surface area (Å²) in [5, 5.41) is 8.51. The lowest BCUT2D eigenvalue weighted by atomic mass is 9.95. The van der Waals surface area contributed by atoms with E-state index in [1.165, 1.54) is 36.8 Å². The maximum Gasteiger partial charge on any atom is 0.0722 e. The van der Waals surface area contributed by atoms with Gasteiger partial charge in [-0.25, -0.2) is 0 Å². The number of hydrogen-bond donors (Lipinski definition) is 2. The Morgan fingerprint density at radius 1 is 1.05 bits per heavy atom. The molecule has 110 valence electrons. The van der Waals surface area contributed by atoms with Crippen molar-refractivity contribution >= 4 is 16.6 Å². The molecule has 2 saturated carbocycles. The Bertz CT molecular complexity index is 619. The Kier molecular flexibility index (Phi) is 3.52. The highest BCUT2D eigenvalue weighted by molar-refractivity contribution is 5.91. The van der Waals surface area contributed by atoms with Crippen LogP contribution in [0.3, 0.4) is 0 Å². The molecule has 3 heteroatoms. The van der Waals surface area contributed by atoms with Gasteiger partial charge in [0.2, 0.25) is 0 Å². The lowest BCUT2D eigenvalue weighted by molar-refractivity contribution is 0.356. The zero-order valence-corrected chi connectivity index (χ0v) is 12.4. The number of rotatable bonds is 5. The average Bonchev–Trinajstić information content (AvgIpc) is 3.14. The van der Waals surface area contributed by atoms with Crippen LogP contribution in [-0.4, -0.2) is 24.1 Å². The molecule has 2 aliphatic rings. The van der Waals surface area contributed by atoms with Crippen LogP contribution in [0.4, 0.5) is 5.69 Å². The Hall–Kier alpha value is -1.61. The summed E-state index contributed by atoms with van der Waals surface area (Å²) in [7, 11) is 0. The van der Waals surface area contributed by atoms with E-state index in [0.29, 0.717) is 0 Å². The van der Waals surface area contributed by atoms with Gasteiger partial charge >= 0.3 is 0 Å². The zero-order valence-electron chi connectivity index (χ0n) is 12.4. The van der Waals surface area contributed by atoms with Crippen molar-refractivity contribution in [2.75, 3.05) is 18.4 Å². The van der Waals surface area contributed by atoms with Crippen molar-refractivity contribution in [3.63, 3.8) is 0 Å². The standard InChI is InChI=1S/C18H23N3/c1-4-16-15(3-2-8-19-16)17(5-1)20-9-10-21-18-12-13-6-7-14(18)11-13/h1-5,8,13-14,18,20-21H,6-7,9-12H2/t13-,14+,18+/m1/s1. The van der Waals surface area contributed by atoms with Crippen LogP contribution in [0.15, 0.2) is 36.5 Å². The molecule has 2 aliphatic carbocycles. The fraction of sp³-hybridized carbons (Fsp3) is 0.500. The summed E-state index contributed by atoms with van der Waals surface area (Å²) in [6, 6.07) is 11.2. The Labute approximate surface area is 126 Å². The van der Waals surface area contributed by atoms with Gasteiger partial charge in [-0.05, 0) is 55.4 Å². The lowest BCUT2D eigenvalue weighted by Crippen LogP contribution is -2.36. The first-order chi connectivity index (χ1) is 10.4. The molecule has 2 fully saturated rings. The predicted molar refractivity (Wildman–Crippen MR) is 87.5 cm³/mol. The van der Waals surface area contributed by atoms with Crippen molar-refractivity contribution in [2.24, 2.45) is 11.8 Å². The minimum atomic E-state index is 0.778. The van der Waals surface area contributed by atoms with Gasteiger partial charge in [0.1, 0.15) is 0 Å². The van der Waals surface area contributed by atoms with Crippen LogP contribution >= 0.6 is 0 Å². The highest BCUT2D eigenvalue weighted by Gasteiger charge is 2.38. The second-order valence-corrected chi connectivity index (χ2v) is 6.54. The summed E-state index contributed by atoms with van der Waals surface area (Å²) in [5.41, 5.74) is 2.25. The number of fused-ring (bicyclic) bond motifs is 3. The molecule has 1 heterocycles. The molecule has 0 amide bonds. The highest BCUT2D eigenvalue weighted by atomic mass is 15.0. The summed E-state index contributed by atoms with van der Waals surface area (Å²) < 4.78 is 0. The summed E-state index contributed by atoms with van der Waals surface area (Å²) in [5.74, 6) is 1.97. The largest absolute Gasteiger partial charge is 0.383 e. The van der Waals surface area contributed by atoms with E-state index in [1.54, 1.807) is 0 Å². The number of aromatic nitrogens is 1. The van der Waals surface area contributed by atoms with Gasteiger partial charge in [-0.1, -0.05) is 12.5 Å². The van der Waals surface area contributed by atoms with Crippen LogP contribution in [0, 0.1) is 11.8 Å². The van der Waals surface area contributed by atoms with Crippen molar-refractivity contribution in [1.82, 2.24) is 10.3 Å². The van der Waals surface area contributed by atoms with Gasteiger partial charge in [0.05, 0.1) is 5.52 Å². The molecule has 3 nitrogen and oxygen atoms in total. The normalized spacial score (nSPS) is 27.3. The number of anilines is 1. The third-order valence-corrected chi connectivity index (χ3v) is 5.23. The molecule has 1 aromatic carbocycles. The predicted octanol–water partition coefficient (Wildman–Crippen LogP) is 3.42. The fourth-order valence-electron chi connectivity index (χ4n) is 4.21. The first-order valence-corrected chi connectivity index (χ1v) is 8.21. The molecule has 2 N–H and O–H groups in total. The first kappa shape index (κ1) is 13.1. The quantitative estimate of drug-likeness (QED) is 0.825. The molecule has 4 rings (SSSR count). The third-order valence-electron chi connectivity index (χ3n) is 5.23. The zero-order chi connectivity index (χ0) is 14.1. The van der Waals surface area contributed by atoms with Gasteiger partial charge in [0, 0.05) is 36.4 Å². The summed E-state index contributed by atoms with van der Waals surface area (Å²) in [6.07, 6.45) is 7.65. The summed E-state index contributed by atoms with van der Waals surface area (Å²) in [6.45, 7) is 2.02. The lowest BCUT2D eigenvalue weighted by Gasteiger charge is -2.23. The van der Waals surface area contributed by atoms with Crippen molar-refractivity contribution in [2.45, 2.75) is 31.7 Å². The van der Waals surface area contributed by atoms with Gasteiger partial charge < -0.3 is 10.6 Å². The number of benzene rings is 1. The summed E-state index contributed by atoms with van der Waals surface area (Å²) in [4.78, 5) is 4.40. The molecule has 0 saturated heterocycles. The average molecular weight is 281 g/mol. The maximum absolute atomic E-state index is 4.40. The second kappa shape index (κ2) is 5.64. The summed E-state index contributed by atoms with van der Waals surface area (Å²) >= 11 is 0. The van der Waals surface area contributed by atoms with Crippen molar-refractivity contribution in [1.29, 1.82) is 0 Å². The number of nitrogens with one attached hydrogen (secondary N) is 2. The first-order valence-electron chi connectivity index (χ1n) is 8.21. The minimum absolute atomic E-state index is 0.778. The van der Waals surface area contributed by atoms with Crippen LogP contribution in [0.5, 0.6) is 0 Å². The van der Waals surface area contributed by atoms with Gasteiger partial charge in [-0.15, -0.1) is 0 Å².